The number of nitrogens with zero attached hydrogens (tertiary/aromatic N) is 3. The monoisotopic (exact) mass is 234 g/mol. The Morgan fingerprint density at radius 2 is 2.33 bits per heavy atom. The summed E-state index contributed by atoms with van der Waals surface area (Å²) in [6, 6.07) is 0. The zero-order valence-electron chi connectivity index (χ0n) is 8.42. The molecule has 1 aromatic heterocycles. The molecular formula is C7H14N4O3S. The number of hydrogen-bond acceptors (Lipinski definition) is 5. The van der Waals surface area contributed by atoms with Gasteiger partial charge in [-0.3, -0.25) is 4.68 Å². The fraction of sp³-hybridized carbons (Fsp3) is 0.714. The lowest BCUT2D eigenvalue weighted by atomic mass is 10.4. The first-order chi connectivity index (χ1) is 7.03. The number of nitrogens with one attached hydrogen (secondary N) is 1. The highest BCUT2D eigenvalue weighted by Gasteiger charge is 2.08. The number of aryl methyl sites for hydroxylation is 1. The second-order valence-electron chi connectivity index (χ2n) is 3.02. The molecule has 8 heteroatoms. The summed E-state index contributed by atoms with van der Waals surface area (Å²) in [7, 11) is -1.61. The van der Waals surface area contributed by atoms with E-state index in [9.17, 15) is 8.42 Å². The number of sulfonamides is 1. The van der Waals surface area contributed by atoms with Gasteiger partial charge in [-0.05, 0) is 0 Å². The Morgan fingerprint density at radius 1 is 1.60 bits per heavy atom. The van der Waals surface area contributed by atoms with E-state index in [1.54, 1.807) is 18.1 Å². The summed E-state index contributed by atoms with van der Waals surface area (Å²) in [5.41, 5.74) is 0. The topological polar surface area (TPSA) is 97.1 Å². The van der Waals surface area contributed by atoms with Gasteiger partial charge < -0.3 is 5.11 Å². The first kappa shape index (κ1) is 12.1. The Labute approximate surface area is 88.2 Å². The van der Waals surface area contributed by atoms with Crippen LogP contribution in [0.1, 0.15) is 5.82 Å². The number of aliphatic hydroxyl groups excluding tert-OH is 1. The average molecular weight is 234 g/mol. The van der Waals surface area contributed by atoms with Crippen LogP contribution in [-0.2, 0) is 23.5 Å². The van der Waals surface area contributed by atoms with Crippen LogP contribution in [0, 0.1) is 0 Å². The van der Waals surface area contributed by atoms with Gasteiger partial charge in [0.2, 0.25) is 10.0 Å². The fourth-order valence-corrected chi connectivity index (χ4v) is 1.81. The smallest absolute Gasteiger partial charge is 0.213 e. The molecule has 0 aliphatic carbocycles. The van der Waals surface area contributed by atoms with Crippen molar-refractivity contribution >= 4 is 10.0 Å². The summed E-state index contributed by atoms with van der Waals surface area (Å²) in [6.45, 7) is -0.135. The molecule has 15 heavy (non-hydrogen) atoms. The number of aliphatic hydroxyl groups is 1. The molecule has 1 aromatic rings. The Balaban J connectivity index is 2.33. The predicted octanol–water partition coefficient (Wildman–Crippen LogP) is -1.73. The van der Waals surface area contributed by atoms with Gasteiger partial charge in [-0.1, -0.05) is 0 Å². The molecule has 0 spiro atoms. The van der Waals surface area contributed by atoms with Crippen molar-refractivity contribution in [2.75, 3.05) is 18.9 Å². The number of hydrogen-bond donors (Lipinski definition) is 2. The molecule has 1 heterocycles. The summed E-state index contributed by atoms with van der Waals surface area (Å²) in [4.78, 5) is 3.95. The molecule has 0 aliphatic heterocycles. The third-order valence-corrected chi connectivity index (χ3v) is 3.04. The summed E-state index contributed by atoms with van der Waals surface area (Å²) < 4.78 is 26.1. The van der Waals surface area contributed by atoms with Gasteiger partial charge in [0.1, 0.15) is 6.33 Å². The predicted molar refractivity (Wildman–Crippen MR) is 53.6 cm³/mol. The van der Waals surface area contributed by atoms with E-state index in [1.807, 2.05) is 0 Å². The Hall–Kier alpha value is -0.990. The van der Waals surface area contributed by atoms with Gasteiger partial charge in [-0.15, -0.1) is 0 Å². The maximum absolute atomic E-state index is 11.1. The molecule has 0 saturated carbocycles. The molecular weight excluding hydrogens is 220 g/mol. The van der Waals surface area contributed by atoms with Gasteiger partial charge in [0.05, 0.1) is 12.4 Å². The molecule has 0 fully saturated rings. The first-order valence-corrected chi connectivity index (χ1v) is 6.11. The van der Waals surface area contributed by atoms with Crippen molar-refractivity contribution in [3.05, 3.63) is 12.2 Å². The number of rotatable bonds is 6. The van der Waals surface area contributed by atoms with Crippen LogP contribution < -0.4 is 4.72 Å². The van der Waals surface area contributed by atoms with E-state index >= 15 is 0 Å². The average Bonchev–Trinajstić information content (AvgIpc) is 2.51. The molecule has 0 unspecified atom stereocenters. The van der Waals surface area contributed by atoms with E-state index < -0.39 is 10.0 Å². The SMILES string of the molecule is Cn1cnc(CCNS(=O)(=O)CCO)n1. The normalized spacial score (nSPS) is 11.9. The van der Waals surface area contributed by atoms with Crippen LogP contribution in [0.2, 0.25) is 0 Å². The van der Waals surface area contributed by atoms with Gasteiger partial charge in [0.15, 0.2) is 5.82 Å². The number of aromatic nitrogens is 3. The van der Waals surface area contributed by atoms with Crippen molar-refractivity contribution in [2.24, 2.45) is 7.05 Å². The molecule has 0 aromatic carbocycles. The molecule has 0 bridgehead atoms. The molecule has 1 rings (SSSR count). The van der Waals surface area contributed by atoms with Crippen LogP contribution in [0.15, 0.2) is 6.33 Å². The minimum atomic E-state index is -3.36. The van der Waals surface area contributed by atoms with Crippen LogP contribution >= 0.6 is 0 Å². The van der Waals surface area contributed by atoms with E-state index in [4.69, 9.17) is 5.11 Å². The molecule has 86 valence electrons. The third-order valence-electron chi connectivity index (χ3n) is 1.68. The van der Waals surface area contributed by atoms with E-state index in [0.29, 0.717) is 12.2 Å². The summed E-state index contributed by atoms with van der Waals surface area (Å²) in [5, 5.41) is 12.5. The Morgan fingerprint density at radius 3 is 2.87 bits per heavy atom. The quantitative estimate of drug-likeness (QED) is 0.609. The molecule has 0 aliphatic rings. The lowest BCUT2D eigenvalue weighted by Gasteiger charge is -2.02. The lowest BCUT2D eigenvalue weighted by Crippen LogP contribution is -2.29. The van der Waals surface area contributed by atoms with Crippen LogP contribution in [-0.4, -0.2) is 47.2 Å². The van der Waals surface area contributed by atoms with Crippen LogP contribution in [0.3, 0.4) is 0 Å². The van der Waals surface area contributed by atoms with Crippen molar-refractivity contribution in [1.82, 2.24) is 19.5 Å². The third kappa shape index (κ3) is 4.36. The standard InChI is InChI=1S/C7H14N4O3S/c1-11-6-8-7(10-11)2-3-9-15(13,14)5-4-12/h6,9,12H,2-5H2,1H3. The van der Waals surface area contributed by atoms with Crippen molar-refractivity contribution in [1.29, 1.82) is 0 Å². The highest BCUT2D eigenvalue weighted by molar-refractivity contribution is 7.89. The maximum Gasteiger partial charge on any atom is 0.213 e. The van der Waals surface area contributed by atoms with E-state index in [1.165, 1.54) is 0 Å². The Kier molecular flexibility index (Phi) is 4.18. The van der Waals surface area contributed by atoms with E-state index in [2.05, 4.69) is 14.8 Å². The van der Waals surface area contributed by atoms with E-state index in [-0.39, 0.29) is 18.9 Å². The molecule has 2 N–H and O–H groups in total. The second kappa shape index (κ2) is 5.19. The van der Waals surface area contributed by atoms with Gasteiger partial charge in [0.25, 0.3) is 0 Å². The van der Waals surface area contributed by atoms with Crippen molar-refractivity contribution in [3.63, 3.8) is 0 Å². The first-order valence-electron chi connectivity index (χ1n) is 4.46. The zero-order chi connectivity index (χ0) is 11.3. The fourth-order valence-electron chi connectivity index (χ4n) is 1.01. The minimum Gasteiger partial charge on any atom is -0.395 e. The summed E-state index contributed by atoms with van der Waals surface area (Å²) in [6.07, 6.45) is 1.99. The lowest BCUT2D eigenvalue weighted by molar-refractivity contribution is 0.319. The van der Waals surface area contributed by atoms with Crippen LogP contribution in [0.5, 0.6) is 0 Å². The molecule has 0 saturated heterocycles. The van der Waals surface area contributed by atoms with Crippen LogP contribution in [0.4, 0.5) is 0 Å². The van der Waals surface area contributed by atoms with Gasteiger partial charge >= 0.3 is 0 Å². The summed E-state index contributed by atoms with van der Waals surface area (Å²) in [5.74, 6) is 0.312. The van der Waals surface area contributed by atoms with Gasteiger partial charge in [0, 0.05) is 20.0 Å². The van der Waals surface area contributed by atoms with Crippen molar-refractivity contribution in [3.8, 4) is 0 Å². The van der Waals surface area contributed by atoms with Crippen LogP contribution in [0.25, 0.3) is 0 Å². The molecule has 0 atom stereocenters. The zero-order valence-corrected chi connectivity index (χ0v) is 9.24. The van der Waals surface area contributed by atoms with Gasteiger partial charge in [-0.2, -0.15) is 5.10 Å². The second-order valence-corrected chi connectivity index (χ2v) is 4.95. The molecule has 0 amide bonds. The summed E-state index contributed by atoms with van der Waals surface area (Å²) >= 11 is 0. The Bertz CT molecular complexity index is 400. The maximum atomic E-state index is 11.1. The molecule has 7 nitrogen and oxygen atoms in total. The van der Waals surface area contributed by atoms with Gasteiger partial charge in [-0.25, -0.2) is 18.1 Å². The van der Waals surface area contributed by atoms with E-state index in [0.717, 1.165) is 0 Å². The minimum absolute atomic E-state index is 0.242. The van der Waals surface area contributed by atoms with Crippen molar-refractivity contribution in [2.45, 2.75) is 6.42 Å². The highest BCUT2D eigenvalue weighted by atomic mass is 32.2. The highest BCUT2D eigenvalue weighted by Crippen LogP contribution is 1.90. The largest absolute Gasteiger partial charge is 0.395 e. The van der Waals surface area contributed by atoms with Crippen molar-refractivity contribution < 1.29 is 13.5 Å². The molecule has 0 radical (unpaired) electrons.